The first-order chi connectivity index (χ1) is 37.7. The predicted molar refractivity (Wildman–Crippen MR) is 298 cm³/mol. The maximum atomic E-state index is 15.4. The van der Waals surface area contributed by atoms with Gasteiger partial charge in [-0.05, 0) is 99.5 Å². The summed E-state index contributed by atoms with van der Waals surface area (Å²) >= 11 is 0. The highest BCUT2D eigenvalue weighted by Crippen LogP contribution is 2.58. The van der Waals surface area contributed by atoms with E-state index in [1.54, 1.807) is 72.8 Å². The molecule has 0 saturated carbocycles. The number of imide groups is 2. The normalized spacial score (nSPS) is 14.1. The lowest BCUT2D eigenvalue weighted by atomic mass is 9.80. The van der Waals surface area contributed by atoms with E-state index >= 15 is 19.2 Å². The molecule has 9 aromatic rings. The Labute approximate surface area is 449 Å². The van der Waals surface area contributed by atoms with Crippen LogP contribution in [-0.4, -0.2) is 65.9 Å². The van der Waals surface area contributed by atoms with Crippen molar-refractivity contribution in [1.29, 1.82) is 0 Å². The zero-order chi connectivity index (χ0) is 54.5. The number of carbonyl (C=O) groups excluding carboxylic acids is 4. The average molecular weight is 1050 g/mol. The lowest BCUT2D eigenvalue weighted by molar-refractivity contribution is 0.0526. The van der Waals surface area contributed by atoms with Gasteiger partial charge in [0.2, 0.25) is 0 Å². The van der Waals surface area contributed by atoms with Gasteiger partial charge in [0.1, 0.15) is 69.0 Å². The minimum absolute atomic E-state index is 0.0707. The van der Waals surface area contributed by atoms with Crippen LogP contribution in [0.15, 0.2) is 121 Å². The number of amides is 4. The molecule has 2 atom stereocenters. The second kappa shape index (κ2) is 20.8. The Morgan fingerprint density at radius 1 is 0.359 bits per heavy atom. The van der Waals surface area contributed by atoms with E-state index in [0.29, 0.717) is 12.8 Å². The van der Waals surface area contributed by atoms with Crippen molar-refractivity contribution in [2.24, 2.45) is 0 Å². The number of phenols is 4. The summed E-state index contributed by atoms with van der Waals surface area (Å²) in [6.45, 7) is 7.93. The molecule has 78 heavy (non-hydrogen) atoms. The first kappa shape index (κ1) is 51.1. The Morgan fingerprint density at radius 2 is 0.628 bits per heavy atom. The quantitative estimate of drug-likeness (QED) is 0.0245. The molecule has 2 aliphatic heterocycles. The van der Waals surface area contributed by atoms with Crippen molar-refractivity contribution < 1.29 is 58.6 Å². The van der Waals surface area contributed by atoms with Gasteiger partial charge < -0.3 is 39.4 Å². The molecule has 0 bridgehead atoms. The van der Waals surface area contributed by atoms with Gasteiger partial charge in [-0.3, -0.25) is 29.0 Å². The SMILES string of the molecule is CCCCCC[C@@H](C)N1C(=O)c2cc(Oc3cccc(O)c3)c3c4c(Oc5cccc(O)c5)cc5c6c(cc(Oc7cccc(O)c7)c(c7c(Oc8cccc(O)c8)cc(c2c37)C1=O)c64)C(=O)N([C@H](C)CCCCCC)C5=O. The number of benzene rings is 9. The van der Waals surface area contributed by atoms with Gasteiger partial charge in [-0.15, -0.1) is 0 Å². The molecule has 14 heteroatoms. The smallest absolute Gasteiger partial charge is 0.261 e. The summed E-state index contributed by atoms with van der Waals surface area (Å²) in [6, 6.07) is 29.8. The summed E-state index contributed by atoms with van der Waals surface area (Å²) in [5.41, 5.74) is 0.492. The number of hydrogen-bond donors (Lipinski definition) is 4. The van der Waals surface area contributed by atoms with E-state index in [2.05, 4.69) is 13.8 Å². The standard InChI is InChI=1S/C64H58N2O12/c1-5-7-9-11-17-35(3)65-61(71)45-31-49(75-41-23-13-19-37(67)27-41)55-57-51(77-43-25-15-21-39(69)29-43)33-47-54-48(64(74)66(63(47)73)36(4)18-12-10-8-6-2)34-52(78-44-26-16-22-40(70)30-44)58(60(54)57)56-50(76-42-24-14-20-38(68)28-42)32-46(62(65)72)53(45)59(55)56/h13-16,19-36,67-70H,5-12,17-18H2,1-4H3/t35-,36-/m1/s1. The fourth-order valence-corrected chi connectivity index (χ4v) is 11.4. The number of ether oxygens (including phenoxy) is 4. The molecular formula is C64H58N2O12. The van der Waals surface area contributed by atoms with Crippen molar-refractivity contribution in [3.8, 4) is 69.0 Å². The minimum Gasteiger partial charge on any atom is -0.508 e. The molecule has 396 valence electrons. The summed E-state index contributed by atoms with van der Waals surface area (Å²) in [5, 5.41) is 45.4. The summed E-state index contributed by atoms with van der Waals surface area (Å²) in [7, 11) is 0. The second-order valence-corrected chi connectivity index (χ2v) is 20.4. The van der Waals surface area contributed by atoms with Crippen molar-refractivity contribution in [1.82, 2.24) is 9.80 Å². The van der Waals surface area contributed by atoms with Crippen LogP contribution in [0.1, 0.15) is 133 Å². The minimum atomic E-state index is -0.570. The van der Waals surface area contributed by atoms with Gasteiger partial charge in [0.05, 0.1) is 22.3 Å². The number of rotatable bonds is 20. The first-order valence-electron chi connectivity index (χ1n) is 26.7. The fraction of sp³-hybridized carbons (Fsp3) is 0.250. The highest BCUT2D eigenvalue weighted by atomic mass is 16.5. The number of hydrogen-bond acceptors (Lipinski definition) is 12. The monoisotopic (exact) mass is 1050 g/mol. The van der Waals surface area contributed by atoms with E-state index in [0.717, 1.165) is 51.4 Å². The molecule has 14 nitrogen and oxygen atoms in total. The average Bonchev–Trinajstić information content (AvgIpc) is 3.56. The third-order valence-electron chi connectivity index (χ3n) is 15.0. The molecule has 2 heterocycles. The van der Waals surface area contributed by atoms with Crippen LogP contribution in [0.4, 0.5) is 0 Å². The van der Waals surface area contributed by atoms with E-state index in [9.17, 15) is 20.4 Å². The van der Waals surface area contributed by atoms with Gasteiger partial charge in [-0.2, -0.15) is 0 Å². The lowest BCUT2D eigenvalue weighted by Gasteiger charge is -2.35. The van der Waals surface area contributed by atoms with Crippen LogP contribution in [0.25, 0.3) is 43.1 Å². The predicted octanol–water partition coefficient (Wildman–Crippen LogP) is 15.6. The third kappa shape index (κ3) is 9.10. The van der Waals surface area contributed by atoms with Crippen molar-refractivity contribution in [2.45, 2.75) is 104 Å². The number of nitrogens with zero attached hydrogens (tertiary/aromatic N) is 2. The molecule has 9 aromatic carbocycles. The van der Waals surface area contributed by atoms with Gasteiger partial charge in [0, 0.05) is 79.4 Å². The first-order valence-corrected chi connectivity index (χ1v) is 26.7. The van der Waals surface area contributed by atoms with Gasteiger partial charge in [0.25, 0.3) is 23.6 Å². The molecule has 0 fully saturated rings. The molecule has 11 rings (SSSR count). The van der Waals surface area contributed by atoms with E-state index < -0.39 is 35.7 Å². The number of aromatic hydroxyl groups is 4. The van der Waals surface area contributed by atoms with Crippen LogP contribution >= 0.6 is 0 Å². The Morgan fingerprint density at radius 3 is 0.872 bits per heavy atom. The Bertz CT molecular complexity index is 3410. The third-order valence-corrected chi connectivity index (χ3v) is 15.0. The molecule has 0 aliphatic carbocycles. The summed E-state index contributed by atoms with van der Waals surface area (Å²) in [6.07, 6.45) is 8.48. The molecular weight excluding hydrogens is 989 g/mol. The van der Waals surface area contributed by atoms with Crippen LogP contribution in [0.2, 0.25) is 0 Å². The van der Waals surface area contributed by atoms with Gasteiger partial charge >= 0.3 is 0 Å². The van der Waals surface area contributed by atoms with E-state index in [1.165, 1.54) is 58.3 Å². The highest BCUT2D eigenvalue weighted by molar-refractivity contribution is 6.44. The van der Waals surface area contributed by atoms with Crippen molar-refractivity contribution in [2.75, 3.05) is 0 Å². The number of phenolic OH excluding ortho intramolecular Hbond substituents is 4. The second-order valence-electron chi connectivity index (χ2n) is 20.4. The van der Waals surface area contributed by atoms with Gasteiger partial charge in [-0.25, -0.2) is 0 Å². The van der Waals surface area contributed by atoms with E-state index in [4.69, 9.17) is 18.9 Å². The van der Waals surface area contributed by atoms with Crippen LogP contribution in [-0.2, 0) is 0 Å². The highest BCUT2D eigenvalue weighted by Gasteiger charge is 2.43. The maximum absolute atomic E-state index is 15.4. The van der Waals surface area contributed by atoms with Crippen LogP contribution in [0.3, 0.4) is 0 Å². The zero-order valence-corrected chi connectivity index (χ0v) is 43.7. The van der Waals surface area contributed by atoms with Crippen LogP contribution in [0.5, 0.6) is 69.0 Å². The van der Waals surface area contributed by atoms with Crippen LogP contribution < -0.4 is 18.9 Å². The van der Waals surface area contributed by atoms with Crippen molar-refractivity contribution in [3.63, 3.8) is 0 Å². The zero-order valence-electron chi connectivity index (χ0n) is 43.7. The molecule has 4 amide bonds. The van der Waals surface area contributed by atoms with Gasteiger partial charge in [0.15, 0.2) is 0 Å². The summed E-state index contributed by atoms with van der Waals surface area (Å²) in [4.78, 5) is 64.3. The Kier molecular flexibility index (Phi) is 13.6. The maximum Gasteiger partial charge on any atom is 0.261 e. The van der Waals surface area contributed by atoms with Gasteiger partial charge in [-0.1, -0.05) is 89.5 Å². The van der Waals surface area contributed by atoms with Crippen molar-refractivity contribution in [3.05, 3.63) is 144 Å². The summed E-state index contributed by atoms with van der Waals surface area (Å²) in [5.74, 6) is -1.71. The number of fused-ring (bicyclic) bond motifs is 2. The number of unbranched alkanes of at least 4 members (excludes halogenated alkanes) is 6. The molecule has 4 N–H and O–H groups in total. The largest absolute Gasteiger partial charge is 0.508 e. The molecule has 0 aromatic heterocycles. The van der Waals surface area contributed by atoms with E-state index in [1.807, 2.05) is 13.8 Å². The molecule has 0 unspecified atom stereocenters. The van der Waals surface area contributed by atoms with Crippen molar-refractivity contribution >= 4 is 66.7 Å². The molecule has 2 aliphatic rings. The molecule has 0 spiro atoms. The Balaban J connectivity index is 1.33. The molecule has 0 radical (unpaired) electrons. The fourth-order valence-electron chi connectivity index (χ4n) is 11.4. The van der Waals surface area contributed by atoms with Crippen LogP contribution in [0, 0.1) is 0 Å². The number of carbonyl (C=O) groups is 4. The lowest BCUT2D eigenvalue weighted by Crippen LogP contribution is -2.46. The molecule has 0 saturated heterocycles. The van der Waals surface area contributed by atoms with E-state index in [-0.39, 0.29) is 134 Å². The summed E-state index contributed by atoms with van der Waals surface area (Å²) < 4.78 is 27.6. The topological polar surface area (TPSA) is 193 Å². The Hall–Kier alpha value is -9.04.